The van der Waals surface area contributed by atoms with Crippen LogP contribution >= 0.6 is 0 Å². The molecule has 2 atom stereocenters. The minimum Gasteiger partial charge on any atom is -0.329 e. The normalized spacial score (nSPS) is 23.5. The van der Waals surface area contributed by atoms with E-state index in [-0.39, 0.29) is 0 Å². The topological polar surface area (TPSA) is 32.5 Å². The minimum absolute atomic E-state index is 0.364. The number of hydrogen-bond donors (Lipinski definition) is 1. The standard InChI is InChI=1S/C16H27N3/c1-4-18-9-10-19(12-14(18)3)16(11-17)15-8-6-5-7-13(15)2/h5-8,14,16H,4,9-12,17H2,1-3H3. The van der Waals surface area contributed by atoms with Crippen molar-refractivity contribution in [2.24, 2.45) is 5.73 Å². The van der Waals surface area contributed by atoms with Gasteiger partial charge in [0, 0.05) is 38.3 Å². The van der Waals surface area contributed by atoms with Gasteiger partial charge in [0.15, 0.2) is 0 Å². The van der Waals surface area contributed by atoms with Gasteiger partial charge in [-0.1, -0.05) is 31.2 Å². The van der Waals surface area contributed by atoms with E-state index in [4.69, 9.17) is 5.73 Å². The van der Waals surface area contributed by atoms with Crippen molar-refractivity contribution in [2.75, 3.05) is 32.7 Å². The number of hydrogen-bond acceptors (Lipinski definition) is 3. The maximum absolute atomic E-state index is 6.06. The highest BCUT2D eigenvalue weighted by Gasteiger charge is 2.28. The van der Waals surface area contributed by atoms with Crippen LogP contribution in [-0.4, -0.2) is 48.6 Å². The van der Waals surface area contributed by atoms with Crippen LogP contribution in [-0.2, 0) is 0 Å². The molecular weight excluding hydrogens is 234 g/mol. The van der Waals surface area contributed by atoms with E-state index < -0.39 is 0 Å². The quantitative estimate of drug-likeness (QED) is 0.900. The molecule has 2 rings (SSSR count). The Kier molecular flexibility index (Phi) is 4.97. The summed E-state index contributed by atoms with van der Waals surface area (Å²) in [5, 5.41) is 0. The van der Waals surface area contributed by atoms with Crippen LogP contribution < -0.4 is 5.73 Å². The van der Waals surface area contributed by atoms with E-state index in [9.17, 15) is 0 Å². The molecule has 0 aliphatic carbocycles. The van der Waals surface area contributed by atoms with Gasteiger partial charge in [-0.15, -0.1) is 0 Å². The van der Waals surface area contributed by atoms with E-state index in [0.717, 1.165) is 26.2 Å². The Hall–Kier alpha value is -0.900. The molecule has 0 saturated carbocycles. The molecule has 0 amide bonds. The van der Waals surface area contributed by atoms with Gasteiger partial charge in [-0.25, -0.2) is 0 Å². The number of nitrogens with two attached hydrogens (primary N) is 1. The molecule has 2 unspecified atom stereocenters. The fourth-order valence-corrected chi connectivity index (χ4v) is 3.21. The Morgan fingerprint density at radius 2 is 2.05 bits per heavy atom. The van der Waals surface area contributed by atoms with Gasteiger partial charge in [-0.05, 0) is 31.5 Å². The zero-order valence-electron chi connectivity index (χ0n) is 12.5. The van der Waals surface area contributed by atoms with Gasteiger partial charge in [0.2, 0.25) is 0 Å². The summed E-state index contributed by atoms with van der Waals surface area (Å²) in [5.41, 5.74) is 8.80. The Morgan fingerprint density at radius 1 is 1.32 bits per heavy atom. The smallest absolute Gasteiger partial charge is 0.0474 e. The van der Waals surface area contributed by atoms with E-state index in [1.165, 1.54) is 11.1 Å². The number of rotatable bonds is 4. The molecule has 1 aliphatic rings. The third-order valence-electron chi connectivity index (χ3n) is 4.41. The lowest BCUT2D eigenvalue weighted by molar-refractivity contribution is 0.0605. The zero-order valence-corrected chi connectivity index (χ0v) is 12.5. The third kappa shape index (κ3) is 3.16. The molecule has 1 heterocycles. The van der Waals surface area contributed by atoms with Crippen LogP contribution in [0.4, 0.5) is 0 Å². The summed E-state index contributed by atoms with van der Waals surface area (Å²) in [6, 6.07) is 9.62. The van der Waals surface area contributed by atoms with Crippen LogP contribution in [0.1, 0.15) is 31.0 Å². The van der Waals surface area contributed by atoms with Crippen molar-refractivity contribution in [3.8, 4) is 0 Å². The lowest BCUT2D eigenvalue weighted by atomic mass is 9.98. The maximum atomic E-state index is 6.06. The third-order valence-corrected chi connectivity index (χ3v) is 4.41. The van der Waals surface area contributed by atoms with Crippen LogP contribution in [0.5, 0.6) is 0 Å². The monoisotopic (exact) mass is 261 g/mol. The lowest BCUT2D eigenvalue weighted by Crippen LogP contribution is -2.53. The van der Waals surface area contributed by atoms with Crippen molar-refractivity contribution < 1.29 is 0 Å². The molecular formula is C16H27N3. The molecule has 1 saturated heterocycles. The molecule has 19 heavy (non-hydrogen) atoms. The summed E-state index contributed by atoms with van der Waals surface area (Å²) in [6.45, 7) is 12.0. The second kappa shape index (κ2) is 6.51. The SMILES string of the molecule is CCN1CCN(C(CN)c2ccccc2C)CC1C. The molecule has 0 spiro atoms. The number of nitrogens with zero attached hydrogens (tertiary/aromatic N) is 2. The summed E-state index contributed by atoms with van der Waals surface area (Å²) in [4.78, 5) is 5.10. The Balaban J connectivity index is 2.13. The van der Waals surface area contributed by atoms with E-state index >= 15 is 0 Å². The van der Waals surface area contributed by atoms with E-state index in [1.54, 1.807) is 0 Å². The molecule has 3 nitrogen and oxygen atoms in total. The predicted molar refractivity (Wildman–Crippen MR) is 81.3 cm³/mol. The van der Waals surface area contributed by atoms with E-state index in [2.05, 4.69) is 54.8 Å². The van der Waals surface area contributed by atoms with Gasteiger partial charge in [0.25, 0.3) is 0 Å². The molecule has 0 radical (unpaired) electrons. The van der Waals surface area contributed by atoms with Crippen molar-refractivity contribution in [1.29, 1.82) is 0 Å². The minimum atomic E-state index is 0.364. The molecule has 0 bridgehead atoms. The van der Waals surface area contributed by atoms with Gasteiger partial charge in [0.1, 0.15) is 0 Å². The summed E-state index contributed by atoms with van der Waals surface area (Å²) in [5.74, 6) is 0. The van der Waals surface area contributed by atoms with Crippen molar-refractivity contribution >= 4 is 0 Å². The first-order chi connectivity index (χ1) is 9.17. The molecule has 0 aromatic heterocycles. The van der Waals surface area contributed by atoms with Crippen LogP contribution in [0.25, 0.3) is 0 Å². The highest BCUT2D eigenvalue weighted by atomic mass is 15.3. The summed E-state index contributed by atoms with van der Waals surface area (Å²) >= 11 is 0. The number of aryl methyl sites for hydroxylation is 1. The van der Waals surface area contributed by atoms with Crippen LogP contribution in [0.2, 0.25) is 0 Å². The molecule has 1 aromatic rings. The van der Waals surface area contributed by atoms with Gasteiger partial charge >= 0.3 is 0 Å². The van der Waals surface area contributed by atoms with Gasteiger partial charge < -0.3 is 5.73 Å². The Labute approximate surface area is 117 Å². The van der Waals surface area contributed by atoms with Crippen molar-refractivity contribution in [1.82, 2.24) is 9.80 Å². The number of piperazine rings is 1. The summed E-state index contributed by atoms with van der Waals surface area (Å²) in [6.07, 6.45) is 0. The van der Waals surface area contributed by atoms with E-state index in [0.29, 0.717) is 18.6 Å². The first-order valence-corrected chi connectivity index (χ1v) is 7.41. The van der Waals surface area contributed by atoms with Crippen molar-refractivity contribution in [3.05, 3.63) is 35.4 Å². The van der Waals surface area contributed by atoms with E-state index in [1.807, 2.05) is 0 Å². The average Bonchev–Trinajstić information content (AvgIpc) is 2.42. The molecule has 2 N–H and O–H groups in total. The van der Waals surface area contributed by atoms with Crippen LogP contribution in [0.3, 0.4) is 0 Å². The van der Waals surface area contributed by atoms with Gasteiger partial charge in [-0.2, -0.15) is 0 Å². The second-order valence-electron chi connectivity index (χ2n) is 5.58. The summed E-state index contributed by atoms with van der Waals surface area (Å²) in [7, 11) is 0. The van der Waals surface area contributed by atoms with Crippen molar-refractivity contribution in [3.63, 3.8) is 0 Å². The van der Waals surface area contributed by atoms with Crippen LogP contribution in [0, 0.1) is 6.92 Å². The zero-order chi connectivity index (χ0) is 13.8. The maximum Gasteiger partial charge on any atom is 0.0474 e. The largest absolute Gasteiger partial charge is 0.329 e. The van der Waals surface area contributed by atoms with Crippen molar-refractivity contribution in [2.45, 2.75) is 32.9 Å². The Bertz CT molecular complexity index is 405. The van der Waals surface area contributed by atoms with Crippen LogP contribution in [0.15, 0.2) is 24.3 Å². The number of benzene rings is 1. The second-order valence-corrected chi connectivity index (χ2v) is 5.58. The van der Waals surface area contributed by atoms with Gasteiger partial charge in [-0.3, -0.25) is 9.80 Å². The summed E-state index contributed by atoms with van der Waals surface area (Å²) < 4.78 is 0. The average molecular weight is 261 g/mol. The molecule has 1 aliphatic heterocycles. The fraction of sp³-hybridized carbons (Fsp3) is 0.625. The highest BCUT2D eigenvalue weighted by molar-refractivity contribution is 5.29. The first kappa shape index (κ1) is 14.5. The molecule has 3 heteroatoms. The molecule has 1 aromatic carbocycles. The number of likely N-dealkylation sites (N-methyl/N-ethyl adjacent to an activating group) is 1. The molecule has 1 fully saturated rings. The highest BCUT2D eigenvalue weighted by Crippen LogP contribution is 2.25. The fourth-order valence-electron chi connectivity index (χ4n) is 3.21. The van der Waals surface area contributed by atoms with Gasteiger partial charge in [0.05, 0.1) is 0 Å². The molecule has 106 valence electrons. The lowest BCUT2D eigenvalue weighted by Gasteiger charge is -2.43. The first-order valence-electron chi connectivity index (χ1n) is 7.41. The predicted octanol–water partition coefficient (Wildman–Crippen LogP) is 2.02. The Morgan fingerprint density at radius 3 is 2.63 bits per heavy atom.